The maximum atomic E-state index is 12.6. The van der Waals surface area contributed by atoms with Crippen molar-refractivity contribution < 1.29 is 4.79 Å². The Hall–Kier alpha value is -2.14. The van der Waals surface area contributed by atoms with Crippen LogP contribution in [0.4, 0.5) is 5.69 Å². The lowest BCUT2D eigenvalue weighted by Gasteiger charge is -2.47. The SMILES string of the molecule is Cn1cc(NC(=O)c2cccc([C@@H]3C[C@H]3N(C3CCC3)C3CCC3)c2)cn1. The molecule has 2 atom stereocenters. The first-order valence-corrected chi connectivity index (χ1v) is 10.4. The number of hydrogen-bond donors (Lipinski definition) is 1. The topological polar surface area (TPSA) is 50.2 Å². The Kier molecular flexibility index (Phi) is 4.27. The molecule has 3 fully saturated rings. The third kappa shape index (κ3) is 3.29. The highest BCUT2D eigenvalue weighted by Gasteiger charge is 2.49. The van der Waals surface area contributed by atoms with E-state index in [1.165, 1.54) is 50.5 Å². The Bertz CT molecular complexity index is 822. The average Bonchev–Trinajstić information content (AvgIpc) is 3.27. The zero-order chi connectivity index (χ0) is 18.4. The summed E-state index contributed by atoms with van der Waals surface area (Å²) in [6.07, 6.45) is 13.1. The molecule has 1 amide bonds. The second kappa shape index (κ2) is 6.79. The fourth-order valence-corrected chi connectivity index (χ4v) is 4.68. The number of carbonyl (C=O) groups excluding carboxylic acids is 1. The third-order valence-corrected chi connectivity index (χ3v) is 6.67. The summed E-state index contributed by atoms with van der Waals surface area (Å²) in [6.45, 7) is 0. The van der Waals surface area contributed by atoms with E-state index >= 15 is 0 Å². The van der Waals surface area contributed by atoms with Crippen molar-refractivity contribution in [2.75, 3.05) is 5.32 Å². The van der Waals surface area contributed by atoms with Gasteiger partial charge in [0.15, 0.2) is 0 Å². The van der Waals surface area contributed by atoms with E-state index in [1.807, 2.05) is 25.4 Å². The van der Waals surface area contributed by atoms with Gasteiger partial charge in [-0.15, -0.1) is 0 Å². The van der Waals surface area contributed by atoms with E-state index in [0.717, 1.165) is 23.3 Å². The van der Waals surface area contributed by atoms with Crippen LogP contribution in [-0.4, -0.2) is 38.7 Å². The number of aryl methyl sites for hydroxylation is 1. The van der Waals surface area contributed by atoms with Crippen LogP contribution in [0.25, 0.3) is 0 Å². The van der Waals surface area contributed by atoms with Crippen molar-refractivity contribution in [1.82, 2.24) is 14.7 Å². The predicted molar refractivity (Wildman–Crippen MR) is 106 cm³/mol. The smallest absolute Gasteiger partial charge is 0.255 e. The van der Waals surface area contributed by atoms with E-state index in [2.05, 4.69) is 27.4 Å². The summed E-state index contributed by atoms with van der Waals surface area (Å²) in [5, 5.41) is 7.04. The van der Waals surface area contributed by atoms with E-state index < -0.39 is 0 Å². The van der Waals surface area contributed by atoms with E-state index in [-0.39, 0.29) is 5.91 Å². The van der Waals surface area contributed by atoms with Gasteiger partial charge in [-0.25, -0.2) is 0 Å². The molecule has 1 heterocycles. The molecule has 3 aliphatic carbocycles. The molecule has 27 heavy (non-hydrogen) atoms. The minimum absolute atomic E-state index is 0.0584. The first-order chi connectivity index (χ1) is 13.2. The quantitative estimate of drug-likeness (QED) is 0.845. The van der Waals surface area contributed by atoms with Crippen LogP contribution in [0, 0.1) is 0 Å². The molecular weight excluding hydrogens is 336 g/mol. The highest BCUT2D eigenvalue weighted by atomic mass is 16.1. The summed E-state index contributed by atoms with van der Waals surface area (Å²) < 4.78 is 1.69. The monoisotopic (exact) mass is 364 g/mol. The van der Waals surface area contributed by atoms with Crippen molar-refractivity contribution in [2.45, 2.75) is 69.0 Å². The zero-order valence-electron chi connectivity index (χ0n) is 16.0. The maximum Gasteiger partial charge on any atom is 0.255 e. The number of rotatable bonds is 6. The minimum atomic E-state index is -0.0584. The fraction of sp³-hybridized carbons (Fsp3) is 0.545. The summed E-state index contributed by atoms with van der Waals surface area (Å²) in [6, 6.07) is 10.6. The van der Waals surface area contributed by atoms with Gasteiger partial charge in [-0.2, -0.15) is 5.10 Å². The van der Waals surface area contributed by atoms with Gasteiger partial charge < -0.3 is 5.32 Å². The van der Waals surface area contributed by atoms with E-state index in [9.17, 15) is 4.79 Å². The molecule has 0 saturated heterocycles. The molecule has 1 aromatic carbocycles. The number of amides is 1. The molecule has 0 unspecified atom stereocenters. The van der Waals surface area contributed by atoms with Gasteiger partial charge in [0.1, 0.15) is 0 Å². The molecule has 2 aromatic rings. The van der Waals surface area contributed by atoms with E-state index in [1.54, 1.807) is 10.9 Å². The Balaban J connectivity index is 1.28. The number of anilines is 1. The van der Waals surface area contributed by atoms with Crippen molar-refractivity contribution in [3.63, 3.8) is 0 Å². The molecule has 0 aliphatic heterocycles. The van der Waals surface area contributed by atoms with Gasteiger partial charge in [-0.05, 0) is 49.8 Å². The normalized spacial score (nSPS) is 25.1. The second-order valence-electron chi connectivity index (χ2n) is 8.51. The number of hydrogen-bond acceptors (Lipinski definition) is 3. The summed E-state index contributed by atoms with van der Waals surface area (Å²) in [4.78, 5) is 15.5. The number of carbonyl (C=O) groups is 1. The Morgan fingerprint density at radius 1 is 1.19 bits per heavy atom. The lowest BCUT2D eigenvalue weighted by atomic mass is 9.84. The van der Waals surface area contributed by atoms with Gasteiger partial charge in [-0.3, -0.25) is 14.4 Å². The van der Waals surface area contributed by atoms with Gasteiger partial charge in [0.05, 0.1) is 11.9 Å². The minimum Gasteiger partial charge on any atom is -0.319 e. The van der Waals surface area contributed by atoms with E-state index in [4.69, 9.17) is 0 Å². The Labute approximate surface area is 160 Å². The zero-order valence-corrected chi connectivity index (χ0v) is 16.0. The molecule has 142 valence electrons. The number of aromatic nitrogens is 2. The van der Waals surface area contributed by atoms with Crippen LogP contribution in [-0.2, 0) is 7.05 Å². The van der Waals surface area contributed by atoms with Crippen LogP contribution in [0.15, 0.2) is 36.7 Å². The van der Waals surface area contributed by atoms with Gasteiger partial charge in [0, 0.05) is 42.9 Å². The Morgan fingerprint density at radius 3 is 2.52 bits per heavy atom. The van der Waals surface area contributed by atoms with Crippen molar-refractivity contribution in [3.05, 3.63) is 47.8 Å². The molecule has 1 N–H and O–H groups in total. The van der Waals surface area contributed by atoms with Crippen molar-refractivity contribution in [3.8, 4) is 0 Å². The molecule has 0 bridgehead atoms. The highest BCUT2D eigenvalue weighted by molar-refractivity contribution is 6.04. The second-order valence-corrected chi connectivity index (χ2v) is 8.51. The molecule has 5 nitrogen and oxygen atoms in total. The molecule has 0 radical (unpaired) electrons. The first kappa shape index (κ1) is 17.0. The molecule has 3 aliphatic rings. The number of benzene rings is 1. The molecule has 5 heteroatoms. The highest BCUT2D eigenvalue weighted by Crippen LogP contribution is 2.50. The van der Waals surface area contributed by atoms with Crippen LogP contribution >= 0.6 is 0 Å². The third-order valence-electron chi connectivity index (χ3n) is 6.67. The molecule has 3 saturated carbocycles. The van der Waals surface area contributed by atoms with Gasteiger partial charge in [-0.1, -0.05) is 25.0 Å². The molecule has 0 spiro atoms. The average molecular weight is 364 g/mol. The molecule has 1 aromatic heterocycles. The van der Waals surface area contributed by atoms with Crippen LogP contribution in [0.5, 0.6) is 0 Å². The molecular formula is C22H28N4O. The number of nitrogens with one attached hydrogen (secondary N) is 1. The van der Waals surface area contributed by atoms with Crippen LogP contribution in [0.1, 0.15) is 66.8 Å². The Morgan fingerprint density at radius 2 is 1.93 bits per heavy atom. The standard InChI is InChI=1S/C22H28N4O/c1-25-14-17(13-23-25)24-22(27)16-6-2-5-15(11-16)20-12-21(20)26(18-7-3-8-18)19-9-4-10-19/h2,5-6,11,13-14,18-21H,3-4,7-10,12H2,1H3,(H,24,27)/t20-,21+/m0/s1. The largest absolute Gasteiger partial charge is 0.319 e. The van der Waals surface area contributed by atoms with Crippen LogP contribution in [0.3, 0.4) is 0 Å². The summed E-state index contributed by atoms with van der Waals surface area (Å²) in [7, 11) is 1.85. The fourth-order valence-electron chi connectivity index (χ4n) is 4.68. The van der Waals surface area contributed by atoms with E-state index in [0.29, 0.717) is 12.0 Å². The van der Waals surface area contributed by atoms with Crippen molar-refractivity contribution in [1.29, 1.82) is 0 Å². The van der Waals surface area contributed by atoms with Gasteiger partial charge in [0.25, 0.3) is 5.91 Å². The van der Waals surface area contributed by atoms with Gasteiger partial charge >= 0.3 is 0 Å². The maximum absolute atomic E-state index is 12.6. The van der Waals surface area contributed by atoms with Crippen molar-refractivity contribution >= 4 is 11.6 Å². The lowest BCUT2D eigenvalue weighted by molar-refractivity contribution is 0.0311. The van der Waals surface area contributed by atoms with Crippen LogP contribution in [0.2, 0.25) is 0 Å². The summed E-state index contributed by atoms with van der Waals surface area (Å²) in [5.41, 5.74) is 2.79. The summed E-state index contributed by atoms with van der Waals surface area (Å²) in [5.74, 6) is 0.536. The molecule has 5 rings (SSSR count). The number of nitrogens with zero attached hydrogens (tertiary/aromatic N) is 3. The first-order valence-electron chi connectivity index (χ1n) is 10.4. The van der Waals surface area contributed by atoms with Crippen LogP contribution < -0.4 is 5.32 Å². The lowest BCUT2D eigenvalue weighted by Crippen LogP contribution is -2.51. The van der Waals surface area contributed by atoms with Crippen molar-refractivity contribution in [2.24, 2.45) is 7.05 Å². The predicted octanol–water partition coefficient (Wildman–Crippen LogP) is 3.94. The summed E-state index contributed by atoms with van der Waals surface area (Å²) >= 11 is 0. The van der Waals surface area contributed by atoms with Gasteiger partial charge in [0.2, 0.25) is 0 Å².